The van der Waals surface area contributed by atoms with Gasteiger partial charge in [0.2, 0.25) is 0 Å². The second kappa shape index (κ2) is 6.21. The molecule has 0 aliphatic carbocycles. The normalized spacial score (nSPS) is 18.9. The predicted molar refractivity (Wildman–Crippen MR) is 73.0 cm³/mol. The maximum atomic E-state index is 5.44. The second-order valence-electron chi connectivity index (χ2n) is 5.11. The number of benzene rings is 1. The van der Waals surface area contributed by atoms with Gasteiger partial charge in [0.25, 0.3) is 0 Å². The van der Waals surface area contributed by atoms with Gasteiger partial charge in [0.15, 0.2) is 0 Å². The van der Waals surface area contributed by atoms with Crippen LogP contribution in [0.1, 0.15) is 25.5 Å². The van der Waals surface area contributed by atoms with Crippen LogP contribution in [0.5, 0.6) is 5.75 Å². The van der Waals surface area contributed by atoms with Crippen molar-refractivity contribution in [1.82, 2.24) is 4.90 Å². The molecule has 3 nitrogen and oxygen atoms in total. The Morgan fingerprint density at radius 3 is 2.22 bits per heavy atom. The molecule has 0 aromatic heterocycles. The minimum Gasteiger partial charge on any atom is -0.497 e. The van der Waals surface area contributed by atoms with Crippen molar-refractivity contribution < 1.29 is 9.47 Å². The average Bonchev–Trinajstić information content (AvgIpc) is 2.40. The molecule has 0 bridgehead atoms. The molecule has 0 saturated carbocycles. The van der Waals surface area contributed by atoms with E-state index in [1.807, 2.05) is 12.1 Å². The molecule has 2 rings (SSSR count). The zero-order valence-corrected chi connectivity index (χ0v) is 11.6. The number of ether oxygens (including phenoxy) is 2. The van der Waals surface area contributed by atoms with Crippen LogP contribution < -0.4 is 4.74 Å². The first-order chi connectivity index (χ1) is 8.72. The molecule has 1 aliphatic rings. The summed E-state index contributed by atoms with van der Waals surface area (Å²) in [6.45, 7) is 8.30. The number of rotatable bonds is 4. The van der Waals surface area contributed by atoms with Gasteiger partial charge in [-0.05, 0) is 23.6 Å². The van der Waals surface area contributed by atoms with Crippen molar-refractivity contribution in [1.29, 1.82) is 0 Å². The highest BCUT2D eigenvalue weighted by molar-refractivity contribution is 5.29. The van der Waals surface area contributed by atoms with Crippen molar-refractivity contribution in [3.05, 3.63) is 29.8 Å². The van der Waals surface area contributed by atoms with Crippen LogP contribution >= 0.6 is 0 Å². The van der Waals surface area contributed by atoms with E-state index in [0.717, 1.165) is 32.1 Å². The van der Waals surface area contributed by atoms with Crippen molar-refractivity contribution in [2.24, 2.45) is 5.92 Å². The first-order valence-corrected chi connectivity index (χ1v) is 6.68. The minimum atomic E-state index is 0.472. The van der Waals surface area contributed by atoms with E-state index in [0.29, 0.717) is 12.0 Å². The number of hydrogen-bond acceptors (Lipinski definition) is 3. The Labute approximate surface area is 110 Å². The molecular weight excluding hydrogens is 226 g/mol. The lowest BCUT2D eigenvalue weighted by atomic mass is 9.94. The van der Waals surface area contributed by atoms with E-state index in [9.17, 15) is 0 Å². The predicted octanol–water partition coefficient (Wildman–Crippen LogP) is 2.72. The largest absolute Gasteiger partial charge is 0.497 e. The molecule has 1 aromatic rings. The molecule has 1 atom stereocenters. The SMILES string of the molecule is COc1ccc(C(C(C)C)N2CCOCC2)cc1. The quantitative estimate of drug-likeness (QED) is 0.819. The molecular formula is C15H23NO2. The lowest BCUT2D eigenvalue weighted by molar-refractivity contribution is 0.00562. The van der Waals surface area contributed by atoms with E-state index in [2.05, 4.69) is 30.9 Å². The zero-order valence-electron chi connectivity index (χ0n) is 11.6. The Kier molecular flexibility index (Phi) is 4.61. The maximum absolute atomic E-state index is 5.44. The first kappa shape index (κ1) is 13.4. The average molecular weight is 249 g/mol. The second-order valence-corrected chi connectivity index (χ2v) is 5.11. The van der Waals surface area contributed by atoms with Gasteiger partial charge < -0.3 is 9.47 Å². The van der Waals surface area contributed by atoms with Crippen LogP contribution in [0.3, 0.4) is 0 Å². The molecule has 100 valence electrons. The molecule has 1 aliphatic heterocycles. The molecule has 0 radical (unpaired) electrons. The van der Waals surface area contributed by atoms with Crippen LogP contribution in [0.25, 0.3) is 0 Å². The molecule has 0 amide bonds. The summed E-state index contributed by atoms with van der Waals surface area (Å²) in [6.07, 6.45) is 0. The van der Waals surface area contributed by atoms with Crippen LogP contribution in [0, 0.1) is 5.92 Å². The topological polar surface area (TPSA) is 21.7 Å². The molecule has 0 spiro atoms. The Balaban J connectivity index is 2.17. The third kappa shape index (κ3) is 3.03. The van der Waals surface area contributed by atoms with E-state index in [1.165, 1.54) is 5.56 Å². The maximum Gasteiger partial charge on any atom is 0.118 e. The summed E-state index contributed by atoms with van der Waals surface area (Å²) in [5.41, 5.74) is 1.37. The minimum absolute atomic E-state index is 0.472. The summed E-state index contributed by atoms with van der Waals surface area (Å²) in [6, 6.07) is 8.92. The van der Waals surface area contributed by atoms with E-state index in [-0.39, 0.29) is 0 Å². The summed E-state index contributed by atoms with van der Waals surface area (Å²) in [5.74, 6) is 1.51. The number of methoxy groups -OCH3 is 1. The number of hydrogen-bond donors (Lipinski definition) is 0. The van der Waals surface area contributed by atoms with Gasteiger partial charge in [0.1, 0.15) is 5.75 Å². The summed E-state index contributed by atoms with van der Waals surface area (Å²) >= 11 is 0. The van der Waals surface area contributed by atoms with Gasteiger partial charge >= 0.3 is 0 Å². The Morgan fingerprint density at radius 2 is 1.72 bits per heavy atom. The van der Waals surface area contributed by atoms with E-state index >= 15 is 0 Å². The third-order valence-electron chi connectivity index (χ3n) is 3.53. The molecule has 1 unspecified atom stereocenters. The fraction of sp³-hybridized carbons (Fsp3) is 0.600. The van der Waals surface area contributed by atoms with E-state index in [1.54, 1.807) is 7.11 Å². The monoisotopic (exact) mass is 249 g/mol. The molecule has 3 heteroatoms. The molecule has 0 N–H and O–H groups in total. The van der Waals surface area contributed by atoms with Gasteiger partial charge in [0, 0.05) is 19.1 Å². The third-order valence-corrected chi connectivity index (χ3v) is 3.53. The molecule has 1 heterocycles. The van der Waals surface area contributed by atoms with Gasteiger partial charge in [-0.2, -0.15) is 0 Å². The highest BCUT2D eigenvalue weighted by atomic mass is 16.5. The van der Waals surface area contributed by atoms with Crippen LogP contribution in [-0.2, 0) is 4.74 Å². The Morgan fingerprint density at radius 1 is 1.11 bits per heavy atom. The fourth-order valence-corrected chi connectivity index (χ4v) is 2.67. The summed E-state index contributed by atoms with van der Waals surface area (Å²) in [7, 11) is 1.71. The van der Waals surface area contributed by atoms with Crippen molar-refractivity contribution in [3.8, 4) is 5.75 Å². The van der Waals surface area contributed by atoms with Gasteiger partial charge in [0.05, 0.1) is 20.3 Å². The Hall–Kier alpha value is -1.06. The van der Waals surface area contributed by atoms with Crippen molar-refractivity contribution >= 4 is 0 Å². The van der Waals surface area contributed by atoms with Gasteiger partial charge in [-0.1, -0.05) is 26.0 Å². The zero-order chi connectivity index (χ0) is 13.0. The Bertz CT molecular complexity index is 355. The number of morpholine rings is 1. The van der Waals surface area contributed by atoms with Crippen molar-refractivity contribution in [3.63, 3.8) is 0 Å². The van der Waals surface area contributed by atoms with E-state index < -0.39 is 0 Å². The smallest absolute Gasteiger partial charge is 0.118 e. The summed E-state index contributed by atoms with van der Waals surface area (Å²) < 4.78 is 10.7. The first-order valence-electron chi connectivity index (χ1n) is 6.68. The van der Waals surface area contributed by atoms with E-state index in [4.69, 9.17) is 9.47 Å². The lowest BCUT2D eigenvalue weighted by Gasteiger charge is -2.37. The standard InChI is InChI=1S/C15H23NO2/c1-12(2)15(16-8-10-18-11-9-16)13-4-6-14(17-3)7-5-13/h4-7,12,15H,8-11H2,1-3H3. The molecule has 1 fully saturated rings. The lowest BCUT2D eigenvalue weighted by Crippen LogP contribution is -2.40. The van der Waals surface area contributed by atoms with Crippen LogP contribution in [0.2, 0.25) is 0 Å². The van der Waals surface area contributed by atoms with Crippen LogP contribution in [-0.4, -0.2) is 38.3 Å². The van der Waals surface area contributed by atoms with Crippen molar-refractivity contribution in [2.75, 3.05) is 33.4 Å². The van der Waals surface area contributed by atoms with Gasteiger partial charge in [-0.25, -0.2) is 0 Å². The van der Waals surface area contributed by atoms with Crippen molar-refractivity contribution in [2.45, 2.75) is 19.9 Å². The summed E-state index contributed by atoms with van der Waals surface area (Å²) in [5, 5.41) is 0. The highest BCUT2D eigenvalue weighted by Gasteiger charge is 2.25. The van der Waals surface area contributed by atoms with Gasteiger partial charge in [-0.15, -0.1) is 0 Å². The number of nitrogens with zero attached hydrogens (tertiary/aromatic N) is 1. The molecule has 18 heavy (non-hydrogen) atoms. The van der Waals surface area contributed by atoms with Crippen LogP contribution in [0.15, 0.2) is 24.3 Å². The van der Waals surface area contributed by atoms with Crippen LogP contribution in [0.4, 0.5) is 0 Å². The fourth-order valence-electron chi connectivity index (χ4n) is 2.67. The molecule has 1 saturated heterocycles. The van der Waals surface area contributed by atoms with Gasteiger partial charge in [-0.3, -0.25) is 4.90 Å². The summed E-state index contributed by atoms with van der Waals surface area (Å²) in [4.78, 5) is 2.52. The highest BCUT2D eigenvalue weighted by Crippen LogP contribution is 2.30. The molecule has 1 aromatic carbocycles.